The van der Waals surface area contributed by atoms with Gasteiger partial charge in [-0.3, -0.25) is 9.59 Å². The van der Waals surface area contributed by atoms with Gasteiger partial charge in [-0.25, -0.2) is 0 Å². The highest BCUT2D eigenvalue weighted by Crippen LogP contribution is 2.18. The van der Waals surface area contributed by atoms with Crippen molar-refractivity contribution in [3.63, 3.8) is 0 Å². The van der Waals surface area contributed by atoms with Gasteiger partial charge in [0.15, 0.2) is 0 Å². The standard InChI is InChI=1S/C14H19NO3/c1-11(2)15(12-7-4-3-5-8-12)13(16)9-6-10-14(17)18/h3-5,7-8,11H,6,9-10H2,1-2H3,(H,17,18). The number of hydrogen-bond donors (Lipinski definition) is 1. The van der Waals surface area contributed by atoms with E-state index < -0.39 is 5.97 Å². The summed E-state index contributed by atoms with van der Waals surface area (Å²) < 4.78 is 0. The van der Waals surface area contributed by atoms with Gasteiger partial charge in [-0.15, -0.1) is 0 Å². The van der Waals surface area contributed by atoms with Crippen molar-refractivity contribution in [1.29, 1.82) is 0 Å². The zero-order valence-electron chi connectivity index (χ0n) is 10.8. The monoisotopic (exact) mass is 249 g/mol. The van der Waals surface area contributed by atoms with E-state index in [-0.39, 0.29) is 24.8 Å². The van der Waals surface area contributed by atoms with Crippen molar-refractivity contribution in [2.45, 2.75) is 39.2 Å². The zero-order valence-corrected chi connectivity index (χ0v) is 10.8. The van der Waals surface area contributed by atoms with Crippen molar-refractivity contribution in [1.82, 2.24) is 0 Å². The lowest BCUT2D eigenvalue weighted by Crippen LogP contribution is -2.36. The fourth-order valence-electron chi connectivity index (χ4n) is 1.83. The van der Waals surface area contributed by atoms with Crippen LogP contribution in [0.1, 0.15) is 33.1 Å². The van der Waals surface area contributed by atoms with Gasteiger partial charge in [0.1, 0.15) is 0 Å². The van der Waals surface area contributed by atoms with Gasteiger partial charge in [-0.05, 0) is 32.4 Å². The maximum atomic E-state index is 12.1. The molecule has 18 heavy (non-hydrogen) atoms. The molecule has 1 N–H and O–H groups in total. The molecule has 0 saturated heterocycles. The summed E-state index contributed by atoms with van der Waals surface area (Å²) in [5.74, 6) is -0.893. The molecule has 0 unspecified atom stereocenters. The molecule has 98 valence electrons. The Balaban J connectivity index is 2.68. The second-order valence-corrected chi connectivity index (χ2v) is 4.44. The number of hydrogen-bond acceptors (Lipinski definition) is 2. The molecular formula is C14H19NO3. The van der Waals surface area contributed by atoms with Gasteiger partial charge in [0.05, 0.1) is 0 Å². The molecule has 1 rings (SSSR count). The van der Waals surface area contributed by atoms with E-state index in [0.29, 0.717) is 6.42 Å². The van der Waals surface area contributed by atoms with E-state index in [9.17, 15) is 9.59 Å². The molecule has 0 aliphatic carbocycles. The minimum absolute atomic E-state index is 0.0301. The second kappa shape index (κ2) is 6.79. The first-order chi connectivity index (χ1) is 8.52. The molecule has 0 heterocycles. The smallest absolute Gasteiger partial charge is 0.303 e. The Hall–Kier alpha value is -1.84. The summed E-state index contributed by atoms with van der Waals surface area (Å²) in [4.78, 5) is 24.2. The van der Waals surface area contributed by atoms with Crippen molar-refractivity contribution in [2.24, 2.45) is 0 Å². The normalized spacial score (nSPS) is 10.4. The number of carboxylic acid groups (broad SMARTS) is 1. The molecule has 0 aliphatic heterocycles. The van der Waals surface area contributed by atoms with E-state index in [1.807, 2.05) is 44.2 Å². The van der Waals surface area contributed by atoms with Crippen molar-refractivity contribution < 1.29 is 14.7 Å². The predicted molar refractivity (Wildman–Crippen MR) is 70.6 cm³/mol. The second-order valence-electron chi connectivity index (χ2n) is 4.44. The van der Waals surface area contributed by atoms with E-state index in [1.165, 1.54) is 0 Å². The zero-order chi connectivity index (χ0) is 13.5. The Morgan fingerprint density at radius 1 is 1.17 bits per heavy atom. The van der Waals surface area contributed by atoms with Gasteiger partial charge in [-0.2, -0.15) is 0 Å². The number of anilines is 1. The van der Waals surface area contributed by atoms with Gasteiger partial charge >= 0.3 is 5.97 Å². The molecule has 0 spiro atoms. The Morgan fingerprint density at radius 3 is 2.28 bits per heavy atom. The summed E-state index contributed by atoms with van der Waals surface area (Å²) in [7, 11) is 0. The molecule has 0 atom stereocenters. The first kappa shape index (κ1) is 14.2. The molecule has 4 heteroatoms. The van der Waals surface area contributed by atoms with Gasteiger partial charge < -0.3 is 10.0 Å². The van der Waals surface area contributed by atoms with Crippen LogP contribution in [-0.2, 0) is 9.59 Å². The Labute approximate surface area is 107 Å². The van der Waals surface area contributed by atoms with Crippen LogP contribution in [-0.4, -0.2) is 23.0 Å². The van der Waals surface area contributed by atoms with E-state index in [1.54, 1.807) is 4.90 Å². The number of aliphatic carboxylic acids is 1. The molecule has 4 nitrogen and oxygen atoms in total. The summed E-state index contributed by atoms with van der Waals surface area (Å²) in [5, 5.41) is 8.57. The first-order valence-electron chi connectivity index (χ1n) is 6.11. The number of carbonyl (C=O) groups excluding carboxylic acids is 1. The minimum atomic E-state index is -0.862. The van der Waals surface area contributed by atoms with Gasteiger partial charge in [-0.1, -0.05) is 18.2 Å². The van der Waals surface area contributed by atoms with Gasteiger partial charge in [0.25, 0.3) is 0 Å². The van der Waals surface area contributed by atoms with Crippen LogP contribution >= 0.6 is 0 Å². The number of carboxylic acids is 1. The number of amides is 1. The number of benzene rings is 1. The number of carbonyl (C=O) groups is 2. The predicted octanol–water partition coefficient (Wildman–Crippen LogP) is 2.68. The molecule has 0 bridgehead atoms. The quantitative estimate of drug-likeness (QED) is 0.843. The maximum absolute atomic E-state index is 12.1. The third-order valence-corrected chi connectivity index (χ3v) is 2.60. The lowest BCUT2D eigenvalue weighted by molar-refractivity contribution is -0.137. The lowest BCUT2D eigenvalue weighted by Gasteiger charge is -2.27. The number of para-hydroxylation sites is 1. The molecule has 0 radical (unpaired) electrons. The van der Waals surface area contributed by atoms with E-state index in [2.05, 4.69) is 0 Å². The van der Waals surface area contributed by atoms with Crippen LogP contribution in [0.2, 0.25) is 0 Å². The molecule has 1 aromatic rings. The van der Waals surface area contributed by atoms with Gasteiger partial charge in [0.2, 0.25) is 5.91 Å². The van der Waals surface area contributed by atoms with Crippen LogP contribution < -0.4 is 4.90 Å². The molecule has 0 aromatic heterocycles. The van der Waals surface area contributed by atoms with E-state index in [4.69, 9.17) is 5.11 Å². The van der Waals surface area contributed by atoms with Crippen molar-refractivity contribution >= 4 is 17.6 Å². The highest BCUT2D eigenvalue weighted by molar-refractivity contribution is 5.93. The summed E-state index contributed by atoms with van der Waals surface area (Å²) in [6.45, 7) is 3.89. The SMILES string of the molecule is CC(C)N(C(=O)CCCC(=O)O)c1ccccc1. The molecule has 0 saturated carbocycles. The highest BCUT2D eigenvalue weighted by atomic mass is 16.4. The summed E-state index contributed by atoms with van der Waals surface area (Å²) >= 11 is 0. The van der Waals surface area contributed by atoms with Crippen molar-refractivity contribution in [3.8, 4) is 0 Å². The van der Waals surface area contributed by atoms with E-state index in [0.717, 1.165) is 5.69 Å². The van der Waals surface area contributed by atoms with Crippen LogP contribution in [0.3, 0.4) is 0 Å². The average molecular weight is 249 g/mol. The topological polar surface area (TPSA) is 57.6 Å². The Kier molecular flexibility index (Phi) is 5.36. The van der Waals surface area contributed by atoms with Crippen LogP contribution in [0.15, 0.2) is 30.3 Å². The molecule has 1 amide bonds. The van der Waals surface area contributed by atoms with E-state index >= 15 is 0 Å². The third kappa shape index (κ3) is 4.20. The lowest BCUT2D eigenvalue weighted by atomic mass is 10.1. The average Bonchev–Trinajstić information content (AvgIpc) is 2.29. The van der Waals surface area contributed by atoms with Gasteiger partial charge in [0, 0.05) is 24.6 Å². The van der Waals surface area contributed by atoms with Crippen molar-refractivity contribution in [2.75, 3.05) is 4.90 Å². The van der Waals surface area contributed by atoms with Crippen LogP contribution in [0.4, 0.5) is 5.69 Å². The Morgan fingerprint density at radius 2 is 1.78 bits per heavy atom. The fraction of sp³-hybridized carbons (Fsp3) is 0.429. The maximum Gasteiger partial charge on any atom is 0.303 e. The number of rotatable bonds is 6. The molecule has 0 aliphatic rings. The van der Waals surface area contributed by atoms with Crippen LogP contribution in [0.25, 0.3) is 0 Å². The Bertz CT molecular complexity index is 401. The highest BCUT2D eigenvalue weighted by Gasteiger charge is 2.18. The summed E-state index contributed by atoms with van der Waals surface area (Å²) in [6, 6.07) is 9.50. The first-order valence-corrected chi connectivity index (χ1v) is 6.11. The summed E-state index contributed by atoms with van der Waals surface area (Å²) in [5.41, 5.74) is 0.854. The fourth-order valence-corrected chi connectivity index (χ4v) is 1.83. The summed E-state index contributed by atoms with van der Waals surface area (Å²) in [6.07, 6.45) is 0.677. The minimum Gasteiger partial charge on any atom is -0.481 e. The third-order valence-electron chi connectivity index (χ3n) is 2.60. The molecule has 1 aromatic carbocycles. The molecular weight excluding hydrogens is 230 g/mol. The van der Waals surface area contributed by atoms with Crippen LogP contribution in [0.5, 0.6) is 0 Å². The van der Waals surface area contributed by atoms with Crippen LogP contribution in [0, 0.1) is 0 Å². The largest absolute Gasteiger partial charge is 0.481 e. The van der Waals surface area contributed by atoms with Crippen molar-refractivity contribution in [3.05, 3.63) is 30.3 Å². The molecule has 0 fully saturated rings. The number of nitrogens with zero attached hydrogens (tertiary/aromatic N) is 1.